The van der Waals surface area contributed by atoms with Gasteiger partial charge in [-0.05, 0) is 47.9 Å². The highest BCUT2D eigenvalue weighted by Gasteiger charge is 2.22. The number of aromatic nitrogens is 6. The maximum Gasteiger partial charge on any atom is 0.352 e. The Hall–Kier alpha value is -4.08. The molecule has 0 fully saturated rings. The number of aryl methyl sites for hydroxylation is 2. The van der Waals surface area contributed by atoms with Crippen molar-refractivity contribution in [3.8, 4) is 22.8 Å². The second-order valence-corrected chi connectivity index (χ2v) is 12.1. The number of fused-ring (bicyclic) bond motifs is 4. The van der Waals surface area contributed by atoms with Crippen LogP contribution < -0.4 is 22.5 Å². The van der Waals surface area contributed by atoms with Gasteiger partial charge >= 0.3 is 11.4 Å². The Bertz CT molecular complexity index is 1830. The lowest BCUT2D eigenvalue weighted by Crippen LogP contribution is -2.36. The van der Waals surface area contributed by atoms with Gasteiger partial charge < -0.3 is 9.13 Å². The molecule has 5 rings (SSSR count). The summed E-state index contributed by atoms with van der Waals surface area (Å²) in [5.41, 5.74) is 0.561. The van der Waals surface area contributed by atoms with E-state index in [-0.39, 0.29) is 11.1 Å². The van der Waals surface area contributed by atoms with Gasteiger partial charge in [-0.3, -0.25) is 18.7 Å². The van der Waals surface area contributed by atoms with E-state index < -0.39 is 11.4 Å². The van der Waals surface area contributed by atoms with Crippen molar-refractivity contribution in [2.75, 3.05) is 0 Å². The van der Waals surface area contributed by atoms with Crippen molar-refractivity contribution in [3.63, 3.8) is 0 Å². The average molecular weight is 601 g/mol. The molecule has 0 aliphatic carbocycles. The van der Waals surface area contributed by atoms with Gasteiger partial charge in [-0.2, -0.15) is 9.97 Å². The maximum absolute atomic E-state index is 13.2. The number of benzene rings is 1. The molecule has 1 aromatic rings. The van der Waals surface area contributed by atoms with Crippen LogP contribution in [0.4, 0.5) is 0 Å². The molecule has 4 aliphatic heterocycles. The van der Waals surface area contributed by atoms with Gasteiger partial charge in [0.05, 0.1) is 22.2 Å². The molecule has 10 heteroatoms. The molecule has 0 bridgehead atoms. The third-order valence-corrected chi connectivity index (χ3v) is 8.87. The van der Waals surface area contributed by atoms with Crippen LogP contribution in [0.3, 0.4) is 0 Å². The van der Waals surface area contributed by atoms with E-state index in [4.69, 9.17) is 0 Å². The Morgan fingerprint density at radius 1 is 0.523 bits per heavy atom. The van der Waals surface area contributed by atoms with Crippen molar-refractivity contribution >= 4 is 21.8 Å². The zero-order valence-corrected chi connectivity index (χ0v) is 26.5. The molecule has 0 atom stereocenters. The third-order valence-electron chi connectivity index (χ3n) is 8.87. The van der Waals surface area contributed by atoms with Crippen molar-refractivity contribution in [1.29, 1.82) is 0 Å². The quantitative estimate of drug-likeness (QED) is 0.124. The van der Waals surface area contributed by atoms with Crippen LogP contribution in [-0.2, 0) is 27.2 Å². The van der Waals surface area contributed by atoms with Gasteiger partial charge in [0.2, 0.25) is 0 Å². The number of nitrogens with zero attached hydrogens (tertiary/aromatic N) is 6. The molecule has 0 radical (unpaired) electrons. The maximum atomic E-state index is 13.2. The van der Waals surface area contributed by atoms with Crippen LogP contribution in [0.15, 0.2) is 43.4 Å². The summed E-state index contributed by atoms with van der Waals surface area (Å²) < 4.78 is 6.09. The zero-order chi connectivity index (χ0) is 31.4. The first-order chi connectivity index (χ1) is 21.3. The Morgan fingerprint density at radius 3 is 1.32 bits per heavy atom. The van der Waals surface area contributed by atoms with E-state index in [0.717, 1.165) is 69.5 Å². The minimum absolute atomic E-state index is 0.378. The van der Waals surface area contributed by atoms with E-state index in [1.165, 1.54) is 52.6 Å². The Labute approximate surface area is 256 Å². The summed E-state index contributed by atoms with van der Waals surface area (Å²) >= 11 is 0. The van der Waals surface area contributed by atoms with Crippen molar-refractivity contribution in [1.82, 2.24) is 28.2 Å². The van der Waals surface area contributed by atoms with E-state index in [9.17, 15) is 19.2 Å². The van der Waals surface area contributed by atoms with Crippen LogP contribution in [-0.4, -0.2) is 28.2 Å². The molecular weight excluding hydrogens is 556 g/mol. The summed E-state index contributed by atoms with van der Waals surface area (Å²) in [5, 5.41) is 1.65. The molecule has 44 heavy (non-hydrogen) atoms. The first kappa shape index (κ1) is 31.3. The SMILES string of the molecule is CCCCCCCCn1c2nc(=O)n(C)c(=O)c-2cc2cc3cc4c(=O)n(C)c(=O)nc-4n(CCCCCCCC)c3cc21. The molecule has 0 aromatic heterocycles. The van der Waals surface area contributed by atoms with Gasteiger partial charge in [0.15, 0.2) is 11.6 Å². The molecule has 0 spiro atoms. The topological polar surface area (TPSA) is 114 Å². The average Bonchev–Trinajstić information content (AvgIpc) is 3.01. The van der Waals surface area contributed by atoms with Crippen LogP contribution >= 0.6 is 0 Å². The fourth-order valence-corrected chi connectivity index (χ4v) is 6.24. The molecule has 4 aliphatic rings. The highest BCUT2D eigenvalue weighted by atomic mass is 16.2. The number of pyridine rings is 2. The summed E-state index contributed by atoms with van der Waals surface area (Å²) in [4.78, 5) is 60.5. The van der Waals surface area contributed by atoms with E-state index in [1.807, 2.05) is 21.3 Å². The van der Waals surface area contributed by atoms with Gasteiger partial charge in [0.1, 0.15) is 0 Å². The Kier molecular flexibility index (Phi) is 9.76. The molecular formula is C34H44N6O4. The zero-order valence-electron chi connectivity index (χ0n) is 26.5. The Balaban J connectivity index is 1.73. The van der Waals surface area contributed by atoms with Crippen LogP contribution in [0.5, 0.6) is 0 Å². The molecule has 234 valence electrons. The van der Waals surface area contributed by atoms with Crippen LogP contribution in [0.2, 0.25) is 0 Å². The number of rotatable bonds is 14. The molecule has 0 N–H and O–H groups in total. The second-order valence-electron chi connectivity index (χ2n) is 12.1. The summed E-state index contributed by atoms with van der Waals surface area (Å²) in [6, 6.07) is 7.64. The van der Waals surface area contributed by atoms with Crippen molar-refractivity contribution in [3.05, 3.63) is 65.9 Å². The van der Waals surface area contributed by atoms with E-state index in [1.54, 1.807) is 12.1 Å². The first-order valence-corrected chi connectivity index (χ1v) is 16.3. The fraction of sp³-hybridized carbons (Fsp3) is 0.529. The highest BCUT2D eigenvalue weighted by Crippen LogP contribution is 2.32. The standard InChI is InChI=1S/C34H44N6O4/c1-5-7-9-11-13-15-17-39-27-22-28-24(19-23(27)20-25-29(39)35-33(43)37(3)31(25)41)21-26-30(36-34(44)38(4)32(26)42)40(28)18-16-14-12-10-8-6-2/h19-22H,5-18H2,1-4H3. The van der Waals surface area contributed by atoms with Gasteiger partial charge in [0.25, 0.3) is 11.1 Å². The van der Waals surface area contributed by atoms with Crippen LogP contribution in [0.25, 0.3) is 44.6 Å². The largest absolute Gasteiger partial charge is 0.352 e. The first-order valence-electron chi connectivity index (χ1n) is 16.3. The molecule has 0 amide bonds. The number of hydrogen-bond acceptors (Lipinski definition) is 6. The summed E-state index contributed by atoms with van der Waals surface area (Å²) in [7, 11) is 2.90. The van der Waals surface area contributed by atoms with Gasteiger partial charge in [-0.1, -0.05) is 78.1 Å². The lowest BCUT2D eigenvalue weighted by atomic mass is 10.0. The van der Waals surface area contributed by atoms with Crippen molar-refractivity contribution in [2.24, 2.45) is 14.1 Å². The molecule has 10 nitrogen and oxygen atoms in total. The second kappa shape index (κ2) is 13.7. The van der Waals surface area contributed by atoms with Crippen LogP contribution in [0, 0.1) is 0 Å². The third kappa shape index (κ3) is 6.12. The molecule has 4 heterocycles. The monoisotopic (exact) mass is 600 g/mol. The van der Waals surface area contributed by atoms with Crippen molar-refractivity contribution < 1.29 is 0 Å². The summed E-state index contributed by atoms with van der Waals surface area (Å²) in [5.74, 6) is 0.770. The predicted molar refractivity (Wildman–Crippen MR) is 176 cm³/mol. The highest BCUT2D eigenvalue weighted by molar-refractivity contribution is 5.99. The number of hydrogen-bond donors (Lipinski definition) is 0. The summed E-state index contributed by atoms with van der Waals surface area (Å²) in [6.45, 7) is 5.61. The van der Waals surface area contributed by atoms with E-state index in [0.29, 0.717) is 35.9 Å². The minimum Gasteiger partial charge on any atom is -0.325 e. The molecule has 0 saturated heterocycles. The molecule has 1 aromatic carbocycles. The van der Waals surface area contributed by atoms with E-state index in [2.05, 4.69) is 23.8 Å². The van der Waals surface area contributed by atoms with Gasteiger partial charge in [0, 0.05) is 27.2 Å². The lowest BCUT2D eigenvalue weighted by molar-refractivity contribution is 0.560. The molecule has 0 unspecified atom stereocenters. The Morgan fingerprint density at radius 2 is 0.909 bits per heavy atom. The van der Waals surface area contributed by atoms with Gasteiger partial charge in [-0.25, -0.2) is 9.59 Å². The fourth-order valence-electron chi connectivity index (χ4n) is 6.24. The lowest BCUT2D eigenvalue weighted by Gasteiger charge is -2.22. The smallest absolute Gasteiger partial charge is 0.325 e. The predicted octanol–water partition coefficient (Wildman–Crippen LogP) is 5.43. The normalized spacial score (nSPS) is 11.9. The minimum atomic E-state index is -0.577. The van der Waals surface area contributed by atoms with Crippen LogP contribution in [0.1, 0.15) is 90.9 Å². The summed E-state index contributed by atoms with van der Waals surface area (Å²) in [6.07, 6.45) is 13.3. The van der Waals surface area contributed by atoms with Gasteiger partial charge in [-0.15, -0.1) is 0 Å². The number of unbranched alkanes of at least 4 members (excludes halogenated alkanes) is 10. The van der Waals surface area contributed by atoms with E-state index >= 15 is 0 Å². The molecule has 0 saturated carbocycles. The van der Waals surface area contributed by atoms with Crippen molar-refractivity contribution in [2.45, 2.75) is 104 Å².